The Morgan fingerprint density at radius 1 is 1.56 bits per heavy atom. The number of nitrogens with one attached hydrogen (secondary N) is 1. The van der Waals surface area contributed by atoms with Crippen molar-refractivity contribution in [2.75, 3.05) is 5.33 Å². The van der Waals surface area contributed by atoms with Crippen LogP contribution in [0.4, 0.5) is 4.39 Å². The third kappa shape index (κ3) is 2.26. The molecule has 16 heavy (non-hydrogen) atoms. The van der Waals surface area contributed by atoms with Crippen molar-refractivity contribution in [1.82, 2.24) is 5.32 Å². The van der Waals surface area contributed by atoms with Gasteiger partial charge in [0.15, 0.2) is 0 Å². The van der Waals surface area contributed by atoms with Crippen LogP contribution in [-0.2, 0) is 0 Å². The highest BCUT2D eigenvalue weighted by molar-refractivity contribution is 9.09. The highest BCUT2D eigenvalue weighted by atomic mass is 79.9. The zero-order valence-electron chi connectivity index (χ0n) is 9.02. The van der Waals surface area contributed by atoms with Crippen LogP contribution in [0.1, 0.15) is 28.8 Å². The first-order valence-corrected chi connectivity index (χ1v) is 6.33. The van der Waals surface area contributed by atoms with Crippen LogP contribution in [0.5, 0.6) is 0 Å². The van der Waals surface area contributed by atoms with Gasteiger partial charge in [0.2, 0.25) is 0 Å². The summed E-state index contributed by atoms with van der Waals surface area (Å²) in [5.41, 5.74) is 0.794. The molecule has 0 radical (unpaired) electrons. The minimum atomic E-state index is -0.456. The van der Waals surface area contributed by atoms with Crippen molar-refractivity contribution in [2.45, 2.75) is 25.3 Å². The highest BCUT2D eigenvalue weighted by Crippen LogP contribution is 2.37. The van der Waals surface area contributed by atoms with E-state index in [1.54, 1.807) is 13.0 Å². The number of aryl methyl sites for hydroxylation is 1. The van der Waals surface area contributed by atoms with Gasteiger partial charge in [-0.05, 0) is 37.5 Å². The lowest BCUT2D eigenvalue weighted by atomic mass is 10.1. The number of carbonyl (C=O) groups is 1. The minimum absolute atomic E-state index is 0.123. The summed E-state index contributed by atoms with van der Waals surface area (Å²) in [6.07, 6.45) is 1.91. The van der Waals surface area contributed by atoms with Gasteiger partial charge in [-0.1, -0.05) is 22.0 Å². The number of amides is 1. The van der Waals surface area contributed by atoms with Gasteiger partial charge in [-0.25, -0.2) is 4.39 Å². The molecule has 1 aliphatic carbocycles. The molecule has 1 aromatic rings. The molecule has 1 N–H and O–H groups in total. The molecule has 2 rings (SSSR count). The third-order valence-corrected chi connectivity index (χ3v) is 3.93. The quantitative estimate of drug-likeness (QED) is 0.851. The van der Waals surface area contributed by atoms with Gasteiger partial charge >= 0.3 is 0 Å². The van der Waals surface area contributed by atoms with Crippen molar-refractivity contribution in [1.29, 1.82) is 0 Å². The number of hydrogen-bond acceptors (Lipinski definition) is 1. The summed E-state index contributed by atoms with van der Waals surface area (Å²) in [5.74, 6) is -0.780. The molecule has 86 valence electrons. The fourth-order valence-corrected chi connectivity index (χ4v) is 2.26. The fraction of sp³-hybridized carbons (Fsp3) is 0.417. The molecular weight excluding hydrogens is 273 g/mol. The zero-order valence-corrected chi connectivity index (χ0v) is 10.6. The third-order valence-electron chi connectivity index (χ3n) is 2.86. The molecular formula is C12H13BrFNO. The minimum Gasteiger partial charge on any atom is -0.346 e. The van der Waals surface area contributed by atoms with Crippen molar-refractivity contribution in [3.63, 3.8) is 0 Å². The van der Waals surface area contributed by atoms with Crippen molar-refractivity contribution in [3.05, 3.63) is 35.1 Å². The smallest absolute Gasteiger partial charge is 0.254 e. The molecule has 0 unspecified atom stereocenters. The predicted molar refractivity (Wildman–Crippen MR) is 64.4 cm³/mol. The summed E-state index contributed by atoms with van der Waals surface area (Å²) in [6.45, 7) is 1.80. The van der Waals surface area contributed by atoms with E-state index in [9.17, 15) is 9.18 Å². The maximum Gasteiger partial charge on any atom is 0.254 e. The number of benzene rings is 1. The Labute approximate surface area is 102 Å². The highest BCUT2D eigenvalue weighted by Gasteiger charge is 2.43. The van der Waals surface area contributed by atoms with E-state index < -0.39 is 5.82 Å². The topological polar surface area (TPSA) is 29.1 Å². The fourth-order valence-electron chi connectivity index (χ4n) is 1.56. The Morgan fingerprint density at radius 2 is 2.25 bits per heavy atom. The second kappa shape index (κ2) is 4.17. The Bertz CT molecular complexity index is 429. The first kappa shape index (κ1) is 11.6. The lowest BCUT2D eigenvalue weighted by Gasteiger charge is -2.14. The maximum absolute atomic E-state index is 13.5. The normalized spacial score (nSPS) is 16.9. The molecule has 1 aliphatic rings. The Kier molecular flexibility index (Phi) is 3.02. The molecule has 1 saturated carbocycles. The molecule has 0 bridgehead atoms. The summed E-state index contributed by atoms with van der Waals surface area (Å²) >= 11 is 3.36. The second-order valence-electron chi connectivity index (χ2n) is 4.35. The molecule has 0 saturated heterocycles. The average Bonchev–Trinajstić information content (AvgIpc) is 2.98. The van der Waals surface area contributed by atoms with Crippen LogP contribution in [-0.4, -0.2) is 16.8 Å². The number of carbonyl (C=O) groups excluding carboxylic acids is 1. The second-order valence-corrected chi connectivity index (χ2v) is 4.91. The van der Waals surface area contributed by atoms with Gasteiger partial charge in [0, 0.05) is 5.33 Å². The number of rotatable bonds is 3. The zero-order chi connectivity index (χ0) is 11.8. The monoisotopic (exact) mass is 285 g/mol. The van der Waals surface area contributed by atoms with Crippen molar-refractivity contribution in [2.24, 2.45) is 0 Å². The number of hydrogen-bond donors (Lipinski definition) is 1. The molecule has 0 spiro atoms. The van der Waals surface area contributed by atoms with Gasteiger partial charge in [-0.3, -0.25) is 4.79 Å². The maximum atomic E-state index is 13.5. The van der Waals surface area contributed by atoms with E-state index in [0.29, 0.717) is 0 Å². The lowest BCUT2D eigenvalue weighted by Crippen LogP contribution is -2.38. The van der Waals surface area contributed by atoms with Crippen LogP contribution in [0.25, 0.3) is 0 Å². The van der Waals surface area contributed by atoms with Crippen molar-refractivity contribution in [3.8, 4) is 0 Å². The van der Waals surface area contributed by atoms with E-state index in [2.05, 4.69) is 21.2 Å². The molecule has 1 amide bonds. The summed E-state index contributed by atoms with van der Waals surface area (Å²) < 4.78 is 13.5. The van der Waals surface area contributed by atoms with Crippen LogP contribution in [0.2, 0.25) is 0 Å². The van der Waals surface area contributed by atoms with Gasteiger partial charge in [0.1, 0.15) is 5.82 Å². The predicted octanol–water partition coefficient (Wildman–Crippen LogP) is 2.79. The molecule has 0 aromatic heterocycles. The number of halogens is 2. The van der Waals surface area contributed by atoms with E-state index >= 15 is 0 Å². The largest absolute Gasteiger partial charge is 0.346 e. The standard InChI is InChI=1S/C12H13BrFNO/c1-8-2-3-9(10(14)6-8)11(16)15-12(7-13)4-5-12/h2-3,6H,4-5,7H2,1H3,(H,15,16). The summed E-state index contributed by atoms with van der Waals surface area (Å²) in [7, 11) is 0. The van der Waals surface area contributed by atoms with Crippen LogP contribution < -0.4 is 5.32 Å². The Morgan fingerprint density at radius 3 is 2.75 bits per heavy atom. The van der Waals surface area contributed by atoms with Crippen LogP contribution in [0.15, 0.2) is 18.2 Å². The summed E-state index contributed by atoms with van der Waals surface area (Å²) in [6, 6.07) is 4.65. The summed E-state index contributed by atoms with van der Waals surface area (Å²) in [5, 5.41) is 3.59. The van der Waals surface area contributed by atoms with E-state index in [1.807, 2.05) is 0 Å². The first-order chi connectivity index (χ1) is 7.56. The van der Waals surface area contributed by atoms with Gasteiger partial charge in [0.05, 0.1) is 11.1 Å². The van der Waals surface area contributed by atoms with E-state index in [-0.39, 0.29) is 17.0 Å². The molecule has 4 heteroatoms. The first-order valence-electron chi connectivity index (χ1n) is 5.21. The molecule has 1 aromatic carbocycles. The van der Waals surface area contributed by atoms with Crippen LogP contribution in [0, 0.1) is 12.7 Å². The van der Waals surface area contributed by atoms with Crippen LogP contribution >= 0.6 is 15.9 Å². The number of alkyl halides is 1. The Hall–Kier alpha value is -0.900. The van der Waals surface area contributed by atoms with E-state index in [1.165, 1.54) is 12.1 Å². The van der Waals surface area contributed by atoms with Gasteiger partial charge in [0.25, 0.3) is 5.91 Å². The molecule has 0 atom stereocenters. The van der Waals surface area contributed by atoms with Crippen LogP contribution in [0.3, 0.4) is 0 Å². The molecule has 0 aliphatic heterocycles. The van der Waals surface area contributed by atoms with E-state index in [0.717, 1.165) is 23.7 Å². The van der Waals surface area contributed by atoms with Gasteiger partial charge < -0.3 is 5.32 Å². The summed E-state index contributed by atoms with van der Waals surface area (Å²) in [4.78, 5) is 11.8. The van der Waals surface area contributed by atoms with Gasteiger partial charge in [-0.2, -0.15) is 0 Å². The SMILES string of the molecule is Cc1ccc(C(=O)NC2(CBr)CC2)c(F)c1. The van der Waals surface area contributed by atoms with Crippen molar-refractivity contribution < 1.29 is 9.18 Å². The average molecular weight is 286 g/mol. The lowest BCUT2D eigenvalue weighted by molar-refractivity contribution is 0.0932. The van der Waals surface area contributed by atoms with Gasteiger partial charge in [-0.15, -0.1) is 0 Å². The Balaban J connectivity index is 2.15. The molecule has 0 heterocycles. The van der Waals surface area contributed by atoms with Crippen molar-refractivity contribution >= 4 is 21.8 Å². The van der Waals surface area contributed by atoms with E-state index in [4.69, 9.17) is 0 Å². The molecule has 1 fully saturated rings. The molecule has 2 nitrogen and oxygen atoms in total.